The maximum atomic E-state index is 14.4. The second-order valence-corrected chi connectivity index (χ2v) is 15.3. The number of rotatable bonds is 9. The van der Waals surface area contributed by atoms with Crippen LogP contribution in [0.5, 0.6) is 0 Å². The van der Waals surface area contributed by atoms with Gasteiger partial charge >= 0.3 is 0 Å². The largest absolute Gasteiger partial charge is 0.341 e. The molecule has 2 aliphatic heterocycles. The number of amidine groups is 1. The normalized spacial score (nSPS) is 24.8. The molecule has 3 aliphatic rings. The molecular formula is C30H37FN4O6S2. The van der Waals surface area contributed by atoms with Gasteiger partial charge in [-0.1, -0.05) is 51.3 Å². The van der Waals surface area contributed by atoms with Crippen LogP contribution in [0, 0.1) is 29.5 Å². The van der Waals surface area contributed by atoms with E-state index >= 15 is 0 Å². The number of ketones is 1. The van der Waals surface area contributed by atoms with Crippen molar-refractivity contribution in [1.29, 1.82) is 0 Å². The maximum Gasteiger partial charge on any atom is 0.286 e. The Bertz CT molecular complexity index is 1650. The molecule has 1 saturated carbocycles. The van der Waals surface area contributed by atoms with Gasteiger partial charge in [0.25, 0.3) is 10.0 Å². The summed E-state index contributed by atoms with van der Waals surface area (Å²) in [7, 11) is -7.84. The van der Waals surface area contributed by atoms with Crippen LogP contribution in [0.15, 0.2) is 51.8 Å². The Morgan fingerprint density at radius 3 is 2.37 bits per heavy atom. The second-order valence-electron chi connectivity index (χ2n) is 11.9. The monoisotopic (exact) mass is 632 g/mol. The third kappa shape index (κ3) is 6.53. The van der Waals surface area contributed by atoms with Gasteiger partial charge in [0.05, 0.1) is 11.9 Å². The minimum atomic E-state index is -4.33. The van der Waals surface area contributed by atoms with E-state index < -0.39 is 49.6 Å². The van der Waals surface area contributed by atoms with Crippen molar-refractivity contribution in [3.63, 3.8) is 0 Å². The molecule has 0 aromatic heterocycles. The van der Waals surface area contributed by atoms with Crippen LogP contribution in [0.3, 0.4) is 0 Å². The highest BCUT2D eigenvalue weighted by Crippen LogP contribution is 2.44. The summed E-state index contributed by atoms with van der Waals surface area (Å²) in [6.45, 7) is 4.08. The van der Waals surface area contributed by atoms with Crippen molar-refractivity contribution in [2.75, 3.05) is 11.6 Å². The van der Waals surface area contributed by atoms with Crippen LogP contribution >= 0.6 is 0 Å². The lowest BCUT2D eigenvalue weighted by molar-refractivity contribution is -0.155. The zero-order valence-electron chi connectivity index (χ0n) is 24.4. The standard InChI is InChI=1S/C30H37FN4O6S2/c1-4-18(2)27-25(21-7-5-6-8-21)28(36)26(30(37)35(27)17-19-9-12-22(31)13-10-19)29-33-23-14-11-20(16-32-42(3,38)39)15-24(23)43(40,41)34-29/h9-15,18,21,25-27,32H,4-8,16-17H2,1-3H3,(H,33,34). The summed E-state index contributed by atoms with van der Waals surface area (Å²) in [5.74, 6) is -3.40. The van der Waals surface area contributed by atoms with Crippen molar-refractivity contribution in [3.05, 3.63) is 59.4 Å². The smallest absolute Gasteiger partial charge is 0.286 e. The van der Waals surface area contributed by atoms with Gasteiger partial charge in [-0.3, -0.25) is 9.59 Å². The van der Waals surface area contributed by atoms with Gasteiger partial charge in [0.2, 0.25) is 15.9 Å². The third-order valence-corrected chi connectivity index (χ3v) is 10.9. The predicted molar refractivity (Wildman–Crippen MR) is 161 cm³/mol. The Morgan fingerprint density at radius 2 is 1.74 bits per heavy atom. The number of sulfonamides is 2. The quantitative estimate of drug-likeness (QED) is 0.400. The summed E-state index contributed by atoms with van der Waals surface area (Å²) in [6.07, 6.45) is 5.39. The van der Waals surface area contributed by atoms with Crippen molar-refractivity contribution >= 4 is 43.3 Å². The molecule has 2 aromatic rings. The van der Waals surface area contributed by atoms with E-state index in [0.717, 1.165) is 38.4 Å². The molecule has 232 valence electrons. The average molecular weight is 633 g/mol. The lowest BCUT2D eigenvalue weighted by atomic mass is 9.69. The molecular weight excluding hydrogens is 595 g/mol. The van der Waals surface area contributed by atoms with Crippen molar-refractivity contribution in [3.8, 4) is 0 Å². The summed E-state index contributed by atoms with van der Waals surface area (Å²) in [5, 5.41) is 2.96. The third-order valence-electron chi connectivity index (χ3n) is 8.89. The van der Waals surface area contributed by atoms with Gasteiger partial charge in [0.15, 0.2) is 11.7 Å². The molecule has 1 aliphatic carbocycles. The number of carbonyl (C=O) groups excluding carboxylic acids is 2. The summed E-state index contributed by atoms with van der Waals surface area (Å²) < 4.78 is 69.8. The Kier molecular flexibility index (Phi) is 8.79. The Morgan fingerprint density at radius 1 is 1.09 bits per heavy atom. The molecule has 2 aromatic carbocycles. The van der Waals surface area contributed by atoms with Gasteiger partial charge in [-0.25, -0.2) is 17.5 Å². The van der Waals surface area contributed by atoms with E-state index in [1.165, 1.54) is 24.3 Å². The fraction of sp³-hybridized carbons (Fsp3) is 0.500. The van der Waals surface area contributed by atoms with Crippen LogP contribution in [0.25, 0.3) is 0 Å². The number of fused-ring (bicyclic) bond motifs is 1. The van der Waals surface area contributed by atoms with Crippen LogP contribution in [-0.2, 0) is 42.7 Å². The number of benzene rings is 2. The van der Waals surface area contributed by atoms with Gasteiger partial charge in [0.1, 0.15) is 16.5 Å². The highest BCUT2D eigenvalue weighted by atomic mass is 32.2. The first-order valence-electron chi connectivity index (χ1n) is 14.6. The van der Waals surface area contributed by atoms with E-state index in [1.54, 1.807) is 23.1 Å². The number of Topliss-reactive ketones (excluding diaryl/α,β-unsaturated/α-hetero) is 1. The average Bonchev–Trinajstić information content (AvgIpc) is 3.48. The predicted octanol–water partition coefficient (Wildman–Crippen LogP) is 3.84. The number of anilines is 1. The van der Waals surface area contributed by atoms with E-state index in [0.29, 0.717) is 11.1 Å². The molecule has 43 heavy (non-hydrogen) atoms. The van der Waals surface area contributed by atoms with E-state index in [9.17, 15) is 30.8 Å². The van der Waals surface area contributed by atoms with Crippen LogP contribution < -0.4 is 10.0 Å². The number of piperidine rings is 1. The van der Waals surface area contributed by atoms with Gasteiger partial charge in [-0.15, -0.1) is 4.40 Å². The van der Waals surface area contributed by atoms with E-state index in [4.69, 9.17) is 0 Å². The fourth-order valence-corrected chi connectivity index (χ4v) is 8.25. The molecule has 2 heterocycles. The van der Waals surface area contributed by atoms with Gasteiger partial charge in [0, 0.05) is 25.0 Å². The first kappa shape index (κ1) is 31.3. The molecule has 4 unspecified atom stereocenters. The second kappa shape index (κ2) is 12.1. The van der Waals surface area contributed by atoms with Crippen LogP contribution in [0.1, 0.15) is 57.1 Å². The van der Waals surface area contributed by atoms with E-state index in [-0.39, 0.29) is 47.1 Å². The maximum absolute atomic E-state index is 14.4. The van der Waals surface area contributed by atoms with E-state index in [1.807, 2.05) is 13.8 Å². The van der Waals surface area contributed by atoms with Crippen LogP contribution in [0.2, 0.25) is 0 Å². The number of nitrogens with zero attached hydrogens (tertiary/aromatic N) is 2. The SMILES string of the molecule is CCC(C)C1C(C2CCCC2)C(=O)C(C2=NS(=O)(=O)c3cc(CNS(C)(=O)=O)ccc3N2)C(=O)N1Cc1ccc(F)cc1. The Balaban J connectivity index is 1.55. The van der Waals surface area contributed by atoms with Crippen LogP contribution in [-0.4, -0.2) is 51.6 Å². The number of likely N-dealkylation sites (tertiary alicyclic amines) is 1. The molecule has 1 amide bonds. The lowest BCUT2D eigenvalue weighted by Gasteiger charge is -2.48. The van der Waals surface area contributed by atoms with Crippen molar-refractivity contribution < 1.29 is 30.8 Å². The molecule has 2 fully saturated rings. The number of carbonyl (C=O) groups is 2. The van der Waals surface area contributed by atoms with Crippen molar-refractivity contribution in [2.24, 2.45) is 28.1 Å². The van der Waals surface area contributed by atoms with Crippen LogP contribution in [0.4, 0.5) is 10.1 Å². The number of hydrogen-bond acceptors (Lipinski definition) is 7. The number of amides is 1. The first-order chi connectivity index (χ1) is 20.3. The number of halogens is 1. The summed E-state index contributed by atoms with van der Waals surface area (Å²) in [5.41, 5.74) is 1.26. The molecule has 4 atom stereocenters. The number of nitrogens with one attached hydrogen (secondary N) is 2. The first-order valence-corrected chi connectivity index (χ1v) is 17.9. The summed E-state index contributed by atoms with van der Waals surface area (Å²) in [6, 6.07) is 9.84. The van der Waals surface area contributed by atoms with Gasteiger partial charge in [-0.05, 0) is 60.1 Å². The molecule has 1 saturated heterocycles. The Labute approximate surface area is 252 Å². The molecule has 10 nitrogen and oxygen atoms in total. The molecule has 0 bridgehead atoms. The minimum absolute atomic E-state index is 0.00965. The molecule has 2 N–H and O–H groups in total. The molecule has 0 radical (unpaired) electrons. The Hall–Kier alpha value is -3.16. The fourth-order valence-electron chi connectivity index (χ4n) is 6.61. The zero-order chi connectivity index (χ0) is 31.1. The van der Waals surface area contributed by atoms with Crippen molar-refractivity contribution in [2.45, 2.75) is 70.0 Å². The summed E-state index contributed by atoms with van der Waals surface area (Å²) >= 11 is 0. The molecule has 0 spiro atoms. The van der Waals surface area contributed by atoms with E-state index in [2.05, 4.69) is 14.4 Å². The van der Waals surface area contributed by atoms with Gasteiger partial charge < -0.3 is 10.2 Å². The molecule has 13 heteroatoms. The zero-order valence-corrected chi connectivity index (χ0v) is 26.0. The van der Waals surface area contributed by atoms with Gasteiger partial charge in [-0.2, -0.15) is 8.42 Å². The highest BCUT2D eigenvalue weighted by molar-refractivity contribution is 7.90. The van der Waals surface area contributed by atoms with Crippen molar-refractivity contribution in [1.82, 2.24) is 9.62 Å². The lowest BCUT2D eigenvalue weighted by Crippen LogP contribution is -2.63. The number of hydrogen-bond donors (Lipinski definition) is 2. The summed E-state index contributed by atoms with van der Waals surface area (Å²) in [4.78, 5) is 30.2. The highest BCUT2D eigenvalue weighted by Gasteiger charge is 2.54. The topological polar surface area (TPSA) is 142 Å². The molecule has 5 rings (SSSR count). The minimum Gasteiger partial charge on any atom is -0.341 e.